The van der Waals surface area contributed by atoms with E-state index in [1.165, 1.54) is 0 Å². The summed E-state index contributed by atoms with van der Waals surface area (Å²) in [5, 5.41) is 11.1. The third kappa shape index (κ3) is 4.40. The predicted molar refractivity (Wildman–Crippen MR) is 120 cm³/mol. The number of ether oxygens (including phenoxy) is 2. The average Bonchev–Trinajstić information content (AvgIpc) is 3.08. The van der Waals surface area contributed by atoms with Gasteiger partial charge in [0, 0.05) is 31.7 Å². The van der Waals surface area contributed by atoms with Crippen molar-refractivity contribution in [1.82, 2.24) is 9.80 Å². The van der Waals surface area contributed by atoms with Crippen molar-refractivity contribution in [1.29, 1.82) is 0 Å². The standard InChI is InChI=1S/C25H28N2O5/c1-17-3-5-18(6-4-17)22-21(23(28)19-7-9-20(31-2)10-8-19)24(29)25(30)27(22)12-11-26-13-15-32-16-14-26/h3-10,22,28H,11-16H2,1-2H3/b23-21+/t22-/m0/s1. The predicted octanol–water partition coefficient (Wildman–Crippen LogP) is 2.76. The molecule has 7 nitrogen and oxygen atoms in total. The first-order valence-corrected chi connectivity index (χ1v) is 10.8. The number of carbonyl (C=O) groups is 2. The molecule has 168 valence electrons. The van der Waals surface area contributed by atoms with Gasteiger partial charge in [-0.05, 0) is 36.8 Å². The SMILES string of the molecule is COc1ccc(/C(O)=C2\C(=O)C(=O)N(CCN3CCOCC3)[C@H]2c2ccc(C)cc2)cc1. The van der Waals surface area contributed by atoms with E-state index in [0.29, 0.717) is 37.6 Å². The first-order valence-electron chi connectivity index (χ1n) is 10.8. The van der Waals surface area contributed by atoms with E-state index in [2.05, 4.69) is 4.90 Å². The summed E-state index contributed by atoms with van der Waals surface area (Å²) in [4.78, 5) is 29.9. The minimum Gasteiger partial charge on any atom is -0.507 e. The molecule has 1 atom stereocenters. The highest BCUT2D eigenvalue weighted by Gasteiger charge is 2.46. The van der Waals surface area contributed by atoms with Crippen molar-refractivity contribution in [2.75, 3.05) is 46.5 Å². The van der Waals surface area contributed by atoms with Gasteiger partial charge in [0.15, 0.2) is 0 Å². The molecule has 1 amide bonds. The van der Waals surface area contributed by atoms with Crippen LogP contribution in [0.3, 0.4) is 0 Å². The number of rotatable bonds is 6. The van der Waals surface area contributed by atoms with E-state index in [1.807, 2.05) is 31.2 Å². The fourth-order valence-corrected chi connectivity index (χ4v) is 4.18. The van der Waals surface area contributed by atoms with E-state index < -0.39 is 17.7 Å². The van der Waals surface area contributed by atoms with Crippen molar-refractivity contribution in [3.05, 3.63) is 70.8 Å². The number of aryl methyl sites for hydroxylation is 1. The van der Waals surface area contributed by atoms with E-state index >= 15 is 0 Å². The molecule has 32 heavy (non-hydrogen) atoms. The smallest absolute Gasteiger partial charge is 0.295 e. The Labute approximate surface area is 187 Å². The maximum absolute atomic E-state index is 13.1. The molecule has 2 aromatic rings. The number of ketones is 1. The molecule has 2 saturated heterocycles. The highest BCUT2D eigenvalue weighted by molar-refractivity contribution is 6.46. The molecule has 2 aliphatic heterocycles. The van der Waals surface area contributed by atoms with E-state index in [4.69, 9.17) is 9.47 Å². The first kappa shape index (κ1) is 22.0. The Bertz CT molecular complexity index is 1010. The second-order valence-corrected chi connectivity index (χ2v) is 8.09. The van der Waals surface area contributed by atoms with Crippen molar-refractivity contribution in [3.8, 4) is 5.75 Å². The Morgan fingerprint density at radius 3 is 2.31 bits per heavy atom. The quantitative estimate of drug-likeness (QED) is 0.426. The summed E-state index contributed by atoms with van der Waals surface area (Å²) in [5.41, 5.74) is 2.46. The second kappa shape index (κ2) is 9.54. The Morgan fingerprint density at radius 1 is 1.03 bits per heavy atom. The van der Waals surface area contributed by atoms with Gasteiger partial charge in [0.05, 0.1) is 31.9 Å². The third-order valence-corrected chi connectivity index (χ3v) is 6.06. The van der Waals surface area contributed by atoms with E-state index in [0.717, 1.165) is 24.2 Å². The number of aliphatic hydroxyl groups excluding tert-OH is 1. The molecule has 0 aromatic heterocycles. The number of hydrogen-bond donors (Lipinski definition) is 1. The number of methoxy groups -OCH3 is 1. The molecule has 0 unspecified atom stereocenters. The topological polar surface area (TPSA) is 79.3 Å². The number of benzene rings is 2. The van der Waals surface area contributed by atoms with Crippen LogP contribution in [0.5, 0.6) is 5.75 Å². The summed E-state index contributed by atoms with van der Waals surface area (Å²) in [6, 6.07) is 13.9. The number of aliphatic hydroxyl groups is 1. The van der Waals surface area contributed by atoms with Gasteiger partial charge in [0.25, 0.3) is 11.7 Å². The van der Waals surface area contributed by atoms with Gasteiger partial charge in [-0.1, -0.05) is 29.8 Å². The summed E-state index contributed by atoms with van der Waals surface area (Å²) in [6.45, 7) is 5.94. The summed E-state index contributed by atoms with van der Waals surface area (Å²) >= 11 is 0. The molecule has 4 rings (SSSR count). The molecule has 2 heterocycles. The molecule has 0 bridgehead atoms. The number of amides is 1. The van der Waals surface area contributed by atoms with Gasteiger partial charge < -0.3 is 19.5 Å². The lowest BCUT2D eigenvalue weighted by Gasteiger charge is -2.31. The van der Waals surface area contributed by atoms with Gasteiger partial charge in [0.1, 0.15) is 11.5 Å². The zero-order chi connectivity index (χ0) is 22.7. The molecular weight excluding hydrogens is 408 g/mol. The fraction of sp³-hybridized carbons (Fsp3) is 0.360. The van der Waals surface area contributed by atoms with E-state index in [1.54, 1.807) is 36.3 Å². The summed E-state index contributed by atoms with van der Waals surface area (Å²) in [6.07, 6.45) is 0. The van der Waals surface area contributed by atoms with Gasteiger partial charge in [-0.3, -0.25) is 14.5 Å². The average molecular weight is 437 g/mol. The van der Waals surface area contributed by atoms with Gasteiger partial charge >= 0.3 is 0 Å². The monoisotopic (exact) mass is 436 g/mol. The third-order valence-electron chi connectivity index (χ3n) is 6.06. The molecule has 2 aromatic carbocycles. The normalized spacial score (nSPS) is 21.2. The van der Waals surface area contributed by atoms with Crippen LogP contribution >= 0.6 is 0 Å². The molecule has 0 radical (unpaired) electrons. The van der Waals surface area contributed by atoms with Crippen LogP contribution in [0.25, 0.3) is 5.76 Å². The Hall–Kier alpha value is -3.16. The lowest BCUT2D eigenvalue weighted by molar-refractivity contribution is -0.140. The number of morpholine rings is 1. The first-order chi connectivity index (χ1) is 15.5. The Kier molecular flexibility index (Phi) is 6.58. The molecule has 7 heteroatoms. The lowest BCUT2D eigenvalue weighted by Crippen LogP contribution is -2.42. The maximum atomic E-state index is 13.1. The van der Waals surface area contributed by atoms with Crippen molar-refractivity contribution < 1.29 is 24.2 Å². The van der Waals surface area contributed by atoms with Gasteiger partial charge in [-0.25, -0.2) is 0 Å². The summed E-state index contributed by atoms with van der Waals surface area (Å²) in [5.74, 6) is -0.780. The molecule has 2 aliphatic rings. The fourth-order valence-electron chi connectivity index (χ4n) is 4.18. The highest BCUT2D eigenvalue weighted by atomic mass is 16.5. The van der Waals surface area contributed by atoms with Gasteiger partial charge in [-0.15, -0.1) is 0 Å². The highest BCUT2D eigenvalue weighted by Crippen LogP contribution is 2.39. The second-order valence-electron chi connectivity index (χ2n) is 8.09. The van der Waals surface area contributed by atoms with E-state index in [-0.39, 0.29) is 11.3 Å². The number of Topliss-reactive ketones (excluding diaryl/α,β-unsaturated/α-hetero) is 1. The van der Waals surface area contributed by atoms with E-state index in [9.17, 15) is 14.7 Å². The van der Waals surface area contributed by atoms with Crippen molar-refractivity contribution in [3.63, 3.8) is 0 Å². The molecule has 0 spiro atoms. The molecular formula is C25H28N2O5. The van der Waals surface area contributed by atoms with Crippen LogP contribution in [0.4, 0.5) is 0 Å². The van der Waals surface area contributed by atoms with Crippen LogP contribution in [0.2, 0.25) is 0 Å². The number of carbonyl (C=O) groups excluding carboxylic acids is 2. The molecule has 1 N–H and O–H groups in total. The van der Waals surface area contributed by atoms with Crippen LogP contribution in [-0.4, -0.2) is 73.1 Å². The minimum atomic E-state index is -0.661. The number of likely N-dealkylation sites (tertiary alicyclic amines) is 1. The Balaban J connectivity index is 1.71. The minimum absolute atomic E-state index is 0.117. The number of nitrogens with zero attached hydrogens (tertiary/aromatic N) is 2. The zero-order valence-corrected chi connectivity index (χ0v) is 18.4. The van der Waals surface area contributed by atoms with Crippen LogP contribution < -0.4 is 4.74 Å². The van der Waals surface area contributed by atoms with Crippen molar-refractivity contribution in [2.24, 2.45) is 0 Å². The number of hydrogen-bond acceptors (Lipinski definition) is 6. The lowest BCUT2D eigenvalue weighted by atomic mass is 9.94. The van der Waals surface area contributed by atoms with Crippen LogP contribution in [0.15, 0.2) is 54.1 Å². The van der Waals surface area contributed by atoms with Crippen molar-refractivity contribution >= 4 is 17.4 Å². The summed E-state index contributed by atoms with van der Waals surface area (Å²) < 4.78 is 10.6. The molecule has 0 aliphatic carbocycles. The Morgan fingerprint density at radius 2 is 1.69 bits per heavy atom. The maximum Gasteiger partial charge on any atom is 0.295 e. The van der Waals surface area contributed by atoms with Gasteiger partial charge in [0.2, 0.25) is 0 Å². The zero-order valence-electron chi connectivity index (χ0n) is 18.4. The van der Waals surface area contributed by atoms with Crippen molar-refractivity contribution in [2.45, 2.75) is 13.0 Å². The van der Waals surface area contributed by atoms with Crippen LogP contribution in [0, 0.1) is 6.92 Å². The molecule has 0 saturated carbocycles. The van der Waals surface area contributed by atoms with Gasteiger partial charge in [-0.2, -0.15) is 0 Å². The van der Waals surface area contributed by atoms with Crippen LogP contribution in [0.1, 0.15) is 22.7 Å². The van der Waals surface area contributed by atoms with Crippen LogP contribution in [-0.2, 0) is 14.3 Å². The summed E-state index contributed by atoms with van der Waals surface area (Å²) in [7, 11) is 1.56. The largest absolute Gasteiger partial charge is 0.507 e. The molecule has 2 fully saturated rings.